The number of nitrogens with two attached hydrogens (primary N) is 1. The Morgan fingerprint density at radius 3 is 2.38 bits per heavy atom. The van der Waals surface area contributed by atoms with Crippen molar-refractivity contribution < 1.29 is 8.42 Å². The first kappa shape index (κ1) is 16.3. The second-order valence-electron chi connectivity index (χ2n) is 5.51. The van der Waals surface area contributed by atoms with Gasteiger partial charge in [-0.1, -0.05) is 44.3 Å². The van der Waals surface area contributed by atoms with Gasteiger partial charge in [0.1, 0.15) is 4.90 Å². The molecule has 1 heterocycles. The summed E-state index contributed by atoms with van der Waals surface area (Å²) < 4.78 is 27.8. The fourth-order valence-electron chi connectivity index (χ4n) is 2.73. The third-order valence-corrected chi connectivity index (χ3v) is 5.87. The maximum absolute atomic E-state index is 12.5. The average Bonchev–Trinajstić information content (AvgIpc) is 2.42. The van der Waals surface area contributed by atoms with E-state index in [0.717, 1.165) is 25.7 Å². The molecule has 0 bridgehead atoms. The molecular weight excluding hydrogens is 306 g/mol. The van der Waals surface area contributed by atoms with Gasteiger partial charge in [0.05, 0.1) is 10.5 Å². The number of hydrogen-bond acceptors (Lipinski definition) is 4. The monoisotopic (exact) mass is 327 g/mol. The summed E-state index contributed by atoms with van der Waals surface area (Å²) in [5.41, 5.74) is 5.08. The van der Waals surface area contributed by atoms with Crippen LogP contribution in [0.15, 0.2) is 29.4 Å². The first-order valence-electron chi connectivity index (χ1n) is 7.20. The molecule has 1 aromatic rings. The van der Waals surface area contributed by atoms with Crippen molar-refractivity contribution in [3.63, 3.8) is 0 Å². The predicted octanol–water partition coefficient (Wildman–Crippen LogP) is 2.13. The molecule has 0 atom stereocenters. The number of rotatable bonds is 4. The molecule has 1 fully saturated rings. The van der Waals surface area contributed by atoms with Crippen LogP contribution >= 0.6 is 12.2 Å². The van der Waals surface area contributed by atoms with E-state index in [0.29, 0.717) is 12.8 Å². The minimum atomic E-state index is -3.67. The molecule has 21 heavy (non-hydrogen) atoms. The van der Waals surface area contributed by atoms with Crippen LogP contribution in [-0.4, -0.2) is 23.9 Å². The van der Waals surface area contributed by atoms with E-state index in [1.807, 2.05) is 0 Å². The maximum atomic E-state index is 12.5. The Hall–Kier alpha value is -1.05. The topological polar surface area (TPSA) is 85.1 Å². The van der Waals surface area contributed by atoms with Gasteiger partial charge < -0.3 is 5.73 Å². The first-order chi connectivity index (χ1) is 9.96. The smallest absolute Gasteiger partial charge is 0.242 e. The summed E-state index contributed by atoms with van der Waals surface area (Å²) in [5.74, 6) is 0. The van der Waals surface area contributed by atoms with Crippen molar-refractivity contribution in [1.29, 1.82) is 0 Å². The molecule has 0 unspecified atom stereocenters. The quantitative estimate of drug-likeness (QED) is 0.828. The Kier molecular flexibility index (Phi) is 5.29. The highest BCUT2D eigenvalue weighted by molar-refractivity contribution is 7.89. The van der Waals surface area contributed by atoms with Gasteiger partial charge in [-0.05, 0) is 25.0 Å². The summed E-state index contributed by atoms with van der Waals surface area (Å²) in [6, 6.07) is 3.12. The van der Waals surface area contributed by atoms with Crippen molar-refractivity contribution in [2.45, 2.75) is 55.4 Å². The van der Waals surface area contributed by atoms with Crippen molar-refractivity contribution in [1.82, 2.24) is 9.71 Å². The molecule has 7 heteroatoms. The highest BCUT2D eigenvalue weighted by atomic mass is 32.2. The van der Waals surface area contributed by atoms with Crippen LogP contribution in [0.2, 0.25) is 0 Å². The Labute approximate surface area is 131 Å². The Balaban J connectivity index is 2.28. The molecule has 2 rings (SSSR count). The van der Waals surface area contributed by atoms with Gasteiger partial charge in [-0.25, -0.2) is 8.42 Å². The fourth-order valence-corrected chi connectivity index (χ4v) is 4.45. The molecule has 0 saturated heterocycles. The van der Waals surface area contributed by atoms with Gasteiger partial charge in [-0.3, -0.25) is 4.98 Å². The SMILES string of the molecule is NC(=S)C1(NS(=O)(=O)c2cccnc2)CCCCCCC1. The standard InChI is InChI=1S/C14H21N3O2S2/c15-13(20)14(8-4-2-1-3-5-9-14)17-21(18,19)12-7-6-10-16-11-12/h6-7,10-11,17H,1-5,8-9H2,(H2,15,20). The summed E-state index contributed by atoms with van der Waals surface area (Å²) in [6.07, 6.45) is 9.38. The molecule has 1 aromatic heterocycles. The summed E-state index contributed by atoms with van der Waals surface area (Å²) >= 11 is 5.19. The number of aromatic nitrogens is 1. The molecule has 0 spiro atoms. The van der Waals surface area contributed by atoms with Crippen LogP contribution in [0.5, 0.6) is 0 Å². The Morgan fingerprint density at radius 2 is 1.86 bits per heavy atom. The van der Waals surface area contributed by atoms with Crippen molar-refractivity contribution in [2.24, 2.45) is 5.73 Å². The van der Waals surface area contributed by atoms with Crippen molar-refractivity contribution >= 4 is 27.2 Å². The van der Waals surface area contributed by atoms with Crippen LogP contribution in [0.25, 0.3) is 0 Å². The van der Waals surface area contributed by atoms with E-state index in [1.165, 1.54) is 24.9 Å². The zero-order valence-electron chi connectivity index (χ0n) is 11.9. The van der Waals surface area contributed by atoms with Gasteiger partial charge in [0.25, 0.3) is 0 Å². The van der Waals surface area contributed by atoms with E-state index < -0.39 is 15.6 Å². The third kappa shape index (κ3) is 3.99. The zero-order chi connectivity index (χ0) is 15.3. The zero-order valence-corrected chi connectivity index (χ0v) is 13.5. The highest BCUT2D eigenvalue weighted by Gasteiger charge is 2.37. The largest absolute Gasteiger partial charge is 0.392 e. The van der Waals surface area contributed by atoms with Gasteiger partial charge in [0.15, 0.2) is 0 Å². The van der Waals surface area contributed by atoms with Gasteiger partial charge in [-0.15, -0.1) is 0 Å². The number of hydrogen-bond donors (Lipinski definition) is 2. The molecule has 1 saturated carbocycles. The number of sulfonamides is 1. The number of thiocarbonyl (C=S) groups is 1. The van der Waals surface area contributed by atoms with Crippen molar-refractivity contribution in [2.75, 3.05) is 0 Å². The minimum absolute atomic E-state index is 0.141. The normalized spacial score (nSPS) is 19.4. The van der Waals surface area contributed by atoms with Gasteiger partial charge in [-0.2, -0.15) is 4.72 Å². The molecule has 5 nitrogen and oxygen atoms in total. The molecule has 0 aromatic carbocycles. The van der Waals surface area contributed by atoms with Crippen LogP contribution in [0.4, 0.5) is 0 Å². The third-order valence-electron chi connectivity index (χ3n) is 3.95. The summed E-state index contributed by atoms with van der Waals surface area (Å²) in [4.78, 5) is 4.24. The van der Waals surface area contributed by atoms with E-state index in [-0.39, 0.29) is 9.88 Å². The number of nitrogens with one attached hydrogen (secondary N) is 1. The molecule has 0 amide bonds. The van der Waals surface area contributed by atoms with E-state index in [2.05, 4.69) is 9.71 Å². The van der Waals surface area contributed by atoms with Crippen LogP contribution < -0.4 is 10.5 Å². The second kappa shape index (κ2) is 6.81. The number of nitrogens with zero attached hydrogens (tertiary/aromatic N) is 1. The summed E-state index contributed by atoms with van der Waals surface area (Å²) in [6.45, 7) is 0. The molecule has 1 aliphatic rings. The van der Waals surface area contributed by atoms with E-state index in [1.54, 1.807) is 6.07 Å². The minimum Gasteiger partial charge on any atom is -0.392 e. The fraction of sp³-hybridized carbons (Fsp3) is 0.571. The first-order valence-corrected chi connectivity index (χ1v) is 9.09. The molecule has 3 N–H and O–H groups in total. The van der Waals surface area contributed by atoms with Crippen LogP contribution in [-0.2, 0) is 10.0 Å². The average molecular weight is 327 g/mol. The summed E-state index contributed by atoms with van der Waals surface area (Å²) in [5, 5.41) is 0. The predicted molar refractivity (Wildman–Crippen MR) is 86.4 cm³/mol. The molecular formula is C14H21N3O2S2. The highest BCUT2D eigenvalue weighted by Crippen LogP contribution is 2.28. The lowest BCUT2D eigenvalue weighted by atomic mass is 9.85. The van der Waals surface area contributed by atoms with Gasteiger partial charge in [0, 0.05) is 12.4 Å². The van der Waals surface area contributed by atoms with Crippen molar-refractivity contribution in [3.05, 3.63) is 24.5 Å². The molecule has 0 aliphatic heterocycles. The van der Waals surface area contributed by atoms with Crippen LogP contribution in [0.3, 0.4) is 0 Å². The molecule has 1 aliphatic carbocycles. The lowest BCUT2D eigenvalue weighted by molar-refractivity contribution is 0.371. The maximum Gasteiger partial charge on any atom is 0.242 e. The Bertz CT molecular complexity index is 579. The van der Waals surface area contributed by atoms with Crippen LogP contribution in [0, 0.1) is 0 Å². The summed E-state index contributed by atoms with van der Waals surface area (Å²) in [7, 11) is -3.67. The number of pyridine rings is 1. The lowest BCUT2D eigenvalue weighted by Gasteiger charge is -2.35. The van der Waals surface area contributed by atoms with Crippen LogP contribution in [0.1, 0.15) is 44.9 Å². The van der Waals surface area contributed by atoms with Crippen molar-refractivity contribution in [3.8, 4) is 0 Å². The van der Waals surface area contributed by atoms with Gasteiger partial charge >= 0.3 is 0 Å². The molecule has 116 valence electrons. The van der Waals surface area contributed by atoms with E-state index in [4.69, 9.17) is 18.0 Å². The Morgan fingerprint density at radius 1 is 1.24 bits per heavy atom. The molecule has 0 radical (unpaired) electrons. The van der Waals surface area contributed by atoms with E-state index in [9.17, 15) is 8.42 Å². The van der Waals surface area contributed by atoms with E-state index >= 15 is 0 Å². The lowest BCUT2D eigenvalue weighted by Crippen LogP contribution is -2.56. The second-order valence-corrected chi connectivity index (χ2v) is 7.63. The van der Waals surface area contributed by atoms with Gasteiger partial charge in [0.2, 0.25) is 10.0 Å².